The van der Waals surface area contributed by atoms with E-state index in [0.717, 1.165) is 0 Å². The van der Waals surface area contributed by atoms with Crippen molar-refractivity contribution in [2.75, 3.05) is 5.32 Å². The van der Waals surface area contributed by atoms with Gasteiger partial charge in [-0.1, -0.05) is 18.2 Å². The number of nitrogens with zero attached hydrogens (tertiary/aromatic N) is 1. The first-order valence-corrected chi connectivity index (χ1v) is 6.25. The number of aryl methyl sites for hydroxylation is 1. The van der Waals surface area contributed by atoms with Gasteiger partial charge in [-0.2, -0.15) is 0 Å². The van der Waals surface area contributed by atoms with Gasteiger partial charge in [0.1, 0.15) is 5.82 Å². The molecule has 0 aliphatic carbocycles. The summed E-state index contributed by atoms with van der Waals surface area (Å²) in [7, 11) is 0. The van der Waals surface area contributed by atoms with E-state index in [1.54, 1.807) is 19.1 Å². The maximum absolute atomic E-state index is 13.1. The molecule has 0 radical (unpaired) electrons. The van der Waals surface area contributed by atoms with Gasteiger partial charge in [-0.25, -0.2) is 4.39 Å². The number of nitro groups is 1. The van der Waals surface area contributed by atoms with Crippen molar-refractivity contribution in [1.82, 2.24) is 0 Å². The third-order valence-corrected chi connectivity index (χ3v) is 2.98. The lowest BCUT2D eigenvalue weighted by Crippen LogP contribution is -2.15. The van der Waals surface area contributed by atoms with Crippen LogP contribution in [0.3, 0.4) is 0 Å². The van der Waals surface area contributed by atoms with Gasteiger partial charge in [0, 0.05) is 17.3 Å². The van der Waals surface area contributed by atoms with Crippen LogP contribution in [0.1, 0.15) is 11.1 Å². The Morgan fingerprint density at radius 3 is 2.67 bits per heavy atom. The van der Waals surface area contributed by atoms with E-state index in [1.165, 1.54) is 30.3 Å². The van der Waals surface area contributed by atoms with Gasteiger partial charge >= 0.3 is 0 Å². The summed E-state index contributed by atoms with van der Waals surface area (Å²) >= 11 is 0. The van der Waals surface area contributed by atoms with E-state index in [4.69, 9.17) is 0 Å². The molecule has 0 saturated carbocycles. The highest BCUT2D eigenvalue weighted by molar-refractivity contribution is 5.92. The number of rotatable bonds is 4. The lowest BCUT2D eigenvalue weighted by Gasteiger charge is -2.07. The highest BCUT2D eigenvalue weighted by Crippen LogP contribution is 2.19. The molecule has 1 amide bonds. The van der Waals surface area contributed by atoms with E-state index >= 15 is 0 Å². The molecule has 0 aromatic heterocycles. The molecule has 0 aliphatic heterocycles. The molecule has 108 valence electrons. The van der Waals surface area contributed by atoms with Crippen LogP contribution in [-0.2, 0) is 11.2 Å². The third-order valence-electron chi connectivity index (χ3n) is 2.98. The Balaban J connectivity index is 2.12. The molecule has 0 atom stereocenters. The van der Waals surface area contributed by atoms with E-state index < -0.39 is 10.8 Å². The van der Waals surface area contributed by atoms with Crippen molar-refractivity contribution in [3.63, 3.8) is 0 Å². The Bertz CT molecular complexity index is 701. The molecule has 0 bridgehead atoms. The summed E-state index contributed by atoms with van der Waals surface area (Å²) in [6.45, 7) is 1.59. The van der Waals surface area contributed by atoms with Crippen LogP contribution in [-0.4, -0.2) is 10.8 Å². The number of hydrogen-bond acceptors (Lipinski definition) is 3. The van der Waals surface area contributed by atoms with Crippen LogP contribution in [0, 0.1) is 22.9 Å². The lowest BCUT2D eigenvalue weighted by molar-refractivity contribution is -0.385. The standard InChI is InChI=1S/C15H13FN2O3/c1-10-8-12(6-7-13(10)16)17-15(19)9-11-4-2-3-5-14(11)18(20)21/h2-8H,9H2,1H3,(H,17,19). The van der Waals surface area contributed by atoms with Crippen LogP contribution >= 0.6 is 0 Å². The molecule has 1 N–H and O–H groups in total. The van der Waals surface area contributed by atoms with Gasteiger partial charge in [0.25, 0.3) is 5.69 Å². The predicted octanol–water partition coefficient (Wildman–Crippen LogP) is 3.22. The highest BCUT2D eigenvalue weighted by Gasteiger charge is 2.15. The largest absolute Gasteiger partial charge is 0.326 e. The third kappa shape index (κ3) is 3.62. The van der Waals surface area contributed by atoms with E-state index in [-0.39, 0.29) is 17.9 Å². The zero-order valence-corrected chi connectivity index (χ0v) is 11.3. The average Bonchev–Trinajstić information content (AvgIpc) is 2.43. The molecule has 0 spiro atoms. The molecule has 2 aromatic rings. The van der Waals surface area contributed by atoms with Crippen LogP contribution < -0.4 is 5.32 Å². The van der Waals surface area contributed by atoms with Gasteiger partial charge in [-0.15, -0.1) is 0 Å². The number of para-hydroxylation sites is 1. The molecule has 0 heterocycles. The topological polar surface area (TPSA) is 72.2 Å². The quantitative estimate of drug-likeness (QED) is 0.693. The minimum atomic E-state index is -0.523. The first-order valence-electron chi connectivity index (χ1n) is 6.25. The van der Waals surface area contributed by atoms with Gasteiger partial charge in [-0.3, -0.25) is 14.9 Å². The van der Waals surface area contributed by atoms with Crippen molar-refractivity contribution in [2.24, 2.45) is 0 Å². The number of carbonyl (C=O) groups is 1. The summed E-state index contributed by atoms with van der Waals surface area (Å²) in [4.78, 5) is 22.3. The number of amides is 1. The molecular formula is C15H13FN2O3. The summed E-state index contributed by atoms with van der Waals surface area (Å²) in [5.74, 6) is -0.748. The van der Waals surface area contributed by atoms with Gasteiger partial charge in [-0.05, 0) is 30.7 Å². The Morgan fingerprint density at radius 2 is 2.00 bits per heavy atom. The maximum atomic E-state index is 13.1. The van der Waals surface area contributed by atoms with Crippen LogP contribution in [0.15, 0.2) is 42.5 Å². The summed E-state index contributed by atoms with van der Waals surface area (Å²) in [5.41, 5.74) is 1.11. The van der Waals surface area contributed by atoms with Gasteiger partial charge in [0.05, 0.1) is 11.3 Å². The fourth-order valence-electron chi connectivity index (χ4n) is 1.94. The summed E-state index contributed by atoms with van der Waals surface area (Å²) in [6.07, 6.45) is -0.117. The van der Waals surface area contributed by atoms with E-state index in [2.05, 4.69) is 5.32 Å². The number of benzene rings is 2. The minimum absolute atomic E-state index is 0.0945. The Kier molecular flexibility index (Phi) is 4.27. The number of anilines is 1. The van der Waals surface area contributed by atoms with E-state index in [0.29, 0.717) is 16.8 Å². The smallest absolute Gasteiger partial charge is 0.273 e. The second-order valence-corrected chi connectivity index (χ2v) is 4.57. The SMILES string of the molecule is Cc1cc(NC(=O)Cc2ccccc2[N+](=O)[O-])ccc1F. The molecule has 0 unspecified atom stereocenters. The van der Waals surface area contributed by atoms with Crippen LogP contribution in [0.5, 0.6) is 0 Å². The minimum Gasteiger partial charge on any atom is -0.326 e. The number of carbonyl (C=O) groups excluding carboxylic acids is 1. The summed E-state index contributed by atoms with van der Waals surface area (Å²) in [5, 5.41) is 13.5. The Morgan fingerprint density at radius 1 is 1.29 bits per heavy atom. The second kappa shape index (κ2) is 6.13. The normalized spacial score (nSPS) is 10.2. The van der Waals surface area contributed by atoms with Gasteiger partial charge < -0.3 is 5.32 Å². The molecule has 0 fully saturated rings. The van der Waals surface area contributed by atoms with E-state index in [1.807, 2.05) is 0 Å². The number of nitrogens with one attached hydrogen (secondary N) is 1. The van der Waals surface area contributed by atoms with Gasteiger partial charge in [0.15, 0.2) is 0 Å². The fraction of sp³-hybridized carbons (Fsp3) is 0.133. The van der Waals surface area contributed by atoms with Crippen molar-refractivity contribution in [3.8, 4) is 0 Å². The highest BCUT2D eigenvalue weighted by atomic mass is 19.1. The molecule has 2 aromatic carbocycles. The van der Waals surface area contributed by atoms with Crippen LogP contribution in [0.4, 0.5) is 15.8 Å². The average molecular weight is 288 g/mol. The number of hydrogen-bond donors (Lipinski definition) is 1. The zero-order chi connectivity index (χ0) is 15.4. The number of halogens is 1. The van der Waals surface area contributed by atoms with Crippen molar-refractivity contribution in [3.05, 3.63) is 69.5 Å². The predicted molar refractivity (Wildman–Crippen MR) is 76.6 cm³/mol. The first kappa shape index (κ1) is 14.6. The van der Waals surface area contributed by atoms with Crippen molar-refractivity contribution in [1.29, 1.82) is 0 Å². The van der Waals surface area contributed by atoms with Crippen molar-refractivity contribution >= 4 is 17.3 Å². The Hall–Kier alpha value is -2.76. The van der Waals surface area contributed by atoms with Crippen LogP contribution in [0.2, 0.25) is 0 Å². The molecule has 21 heavy (non-hydrogen) atoms. The van der Waals surface area contributed by atoms with E-state index in [9.17, 15) is 19.3 Å². The molecule has 2 rings (SSSR count). The molecule has 0 aliphatic rings. The summed E-state index contributed by atoms with van der Waals surface area (Å²) < 4.78 is 13.1. The second-order valence-electron chi connectivity index (χ2n) is 4.57. The van der Waals surface area contributed by atoms with Gasteiger partial charge in [0.2, 0.25) is 5.91 Å². The number of nitro benzene ring substituents is 1. The molecule has 6 heteroatoms. The monoisotopic (exact) mass is 288 g/mol. The molecule has 0 saturated heterocycles. The molecule has 5 nitrogen and oxygen atoms in total. The van der Waals surface area contributed by atoms with Crippen molar-refractivity contribution in [2.45, 2.75) is 13.3 Å². The van der Waals surface area contributed by atoms with Crippen molar-refractivity contribution < 1.29 is 14.1 Å². The first-order chi connectivity index (χ1) is 9.97. The lowest BCUT2D eigenvalue weighted by atomic mass is 10.1. The summed E-state index contributed by atoms with van der Waals surface area (Å²) in [6, 6.07) is 10.3. The fourth-order valence-corrected chi connectivity index (χ4v) is 1.94. The zero-order valence-electron chi connectivity index (χ0n) is 11.3. The maximum Gasteiger partial charge on any atom is 0.273 e. The molecular weight excluding hydrogens is 275 g/mol. The van der Waals surface area contributed by atoms with Crippen LogP contribution in [0.25, 0.3) is 0 Å². The Labute approximate surface area is 120 Å².